The van der Waals surface area contributed by atoms with E-state index in [0.717, 1.165) is 24.6 Å². The molecule has 3 nitrogen and oxygen atoms in total. The van der Waals surface area contributed by atoms with Crippen LogP contribution in [0.3, 0.4) is 0 Å². The van der Waals surface area contributed by atoms with Crippen LogP contribution in [0.2, 0.25) is 0 Å². The van der Waals surface area contributed by atoms with Crippen LogP contribution >= 0.6 is 0 Å². The molecule has 1 aromatic carbocycles. The standard InChI is InChI=1S/C14H21NO2/c1-9(2)12-7-15-8-13-11(12)5-10(16-3)6-14(13)17-4/h5-6,9,12,15H,7-8H2,1-4H3. The lowest BCUT2D eigenvalue weighted by Gasteiger charge is -2.30. The van der Waals surface area contributed by atoms with E-state index >= 15 is 0 Å². The predicted molar refractivity (Wildman–Crippen MR) is 68.8 cm³/mol. The molecule has 1 aliphatic heterocycles. The molecule has 17 heavy (non-hydrogen) atoms. The third-order valence-corrected chi connectivity index (χ3v) is 3.54. The van der Waals surface area contributed by atoms with Crippen LogP contribution in [0.25, 0.3) is 0 Å². The first-order valence-corrected chi connectivity index (χ1v) is 6.13. The van der Waals surface area contributed by atoms with Crippen molar-refractivity contribution in [2.24, 2.45) is 5.92 Å². The van der Waals surface area contributed by atoms with Crippen LogP contribution in [0, 0.1) is 5.92 Å². The Hall–Kier alpha value is -1.22. The van der Waals surface area contributed by atoms with Crippen molar-refractivity contribution in [3.8, 4) is 11.5 Å². The molecule has 0 saturated heterocycles. The summed E-state index contributed by atoms with van der Waals surface area (Å²) in [6, 6.07) is 4.12. The lowest BCUT2D eigenvalue weighted by molar-refractivity contribution is 0.373. The van der Waals surface area contributed by atoms with E-state index in [9.17, 15) is 0 Å². The molecule has 0 radical (unpaired) electrons. The highest BCUT2D eigenvalue weighted by atomic mass is 16.5. The normalized spacial score (nSPS) is 19.0. The van der Waals surface area contributed by atoms with E-state index in [1.807, 2.05) is 6.07 Å². The third-order valence-electron chi connectivity index (χ3n) is 3.54. The van der Waals surface area contributed by atoms with Gasteiger partial charge in [0.05, 0.1) is 14.2 Å². The highest BCUT2D eigenvalue weighted by Gasteiger charge is 2.25. The summed E-state index contributed by atoms with van der Waals surface area (Å²) in [5.41, 5.74) is 2.65. The Morgan fingerprint density at radius 3 is 2.59 bits per heavy atom. The Morgan fingerprint density at radius 2 is 2.00 bits per heavy atom. The first kappa shape index (κ1) is 12.2. The van der Waals surface area contributed by atoms with Crippen molar-refractivity contribution >= 4 is 0 Å². The first-order chi connectivity index (χ1) is 8.17. The Morgan fingerprint density at radius 1 is 1.24 bits per heavy atom. The fraction of sp³-hybridized carbons (Fsp3) is 0.571. The molecule has 1 aliphatic rings. The van der Waals surface area contributed by atoms with E-state index in [0.29, 0.717) is 11.8 Å². The van der Waals surface area contributed by atoms with Crippen LogP contribution in [0.1, 0.15) is 30.9 Å². The van der Waals surface area contributed by atoms with Gasteiger partial charge in [-0.2, -0.15) is 0 Å². The summed E-state index contributed by atoms with van der Waals surface area (Å²) in [7, 11) is 3.42. The minimum Gasteiger partial charge on any atom is -0.497 e. The molecule has 0 spiro atoms. The van der Waals surface area contributed by atoms with Crippen LogP contribution in [0.5, 0.6) is 11.5 Å². The zero-order valence-corrected chi connectivity index (χ0v) is 11.0. The Kier molecular flexibility index (Phi) is 3.57. The van der Waals surface area contributed by atoms with Gasteiger partial charge in [0.2, 0.25) is 0 Å². The van der Waals surface area contributed by atoms with Crippen molar-refractivity contribution in [3.63, 3.8) is 0 Å². The Labute approximate surface area is 103 Å². The lowest BCUT2D eigenvalue weighted by atomic mass is 9.83. The number of hydrogen-bond acceptors (Lipinski definition) is 3. The summed E-state index contributed by atoms with van der Waals surface area (Å²) in [6.45, 7) is 6.42. The van der Waals surface area contributed by atoms with Gasteiger partial charge in [0, 0.05) is 24.7 Å². The molecular formula is C14H21NO2. The average Bonchev–Trinajstić information content (AvgIpc) is 2.36. The van der Waals surface area contributed by atoms with Gasteiger partial charge in [-0.3, -0.25) is 0 Å². The first-order valence-electron chi connectivity index (χ1n) is 6.13. The number of ether oxygens (including phenoxy) is 2. The molecule has 94 valence electrons. The van der Waals surface area contributed by atoms with Crippen molar-refractivity contribution in [1.82, 2.24) is 5.32 Å². The molecule has 0 aliphatic carbocycles. The van der Waals surface area contributed by atoms with Gasteiger partial charge >= 0.3 is 0 Å². The Balaban J connectivity index is 2.51. The fourth-order valence-electron chi connectivity index (χ4n) is 2.52. The van der Waals surface area contributed by atoms with Gasteiger partial charge in [0.25, 0.3) is 0 Å². The second-order valence-electron chi connectivity index (χ2n) is 4.88. The van der Waals surface area contributed by atoms with Gasteiger partial charge in [-0.15, -0.1) is 0 Å². The molecule has 1 N–H and O–H groups in total. The predicted octanol–water partition coefficient (Wildman–Crippen LogP) is 2.55. The maximum Gasteiger partial charge on any atom is 0.127 e. The van der Waals surface area contributed by atoms with Gasteiger partial charge in [-0.25, -0.2) is 0 Å². The number of benzene rings is 1. The molecule has 0 saturated carbocycles. The summed E-state index contributed by atoms with van der Waals surface area (Å²) >= 11 is 0. The molecule has 1 heterocycles. The van der Waals surface area contributed by atoms with Gasteiger partial charge in [-0.05, 0) is 23.5 Å². The maximum atomic E-state index is 5.46. The van der Waals surface area contributed by atoms with Crippen molar-refractivity contribution in [1.29, 1.82) is 0 Å². The SMILES string of the molecule is COc1cc(OC)c2c(c1)C(C(C)C)CNC2. The van der Waals surface area contributed by atoms with Crippen molar-refractivity contribution in [2.45, 2.75) is 26.3 Å². The van der Waals surface area contributed by atoms with E-state index in [1.54, 1.807) is 14.2 Å². The smallest absolute Gasteiger partial charge is 0.127 e. The van der Waals surface area contributed by atoms with E-state index in [2.05, 4.69) is 25.2 Å². The molecule has 1 unspecified atom stereocenters. The monoisotopic (exact) mass is 235 g/mol. The third kappa shape index (κ3) is 2.25. The molecule has 2 rings (SSSR count). The highest BCUT2D eigenvalue weighted by molar-refractivity contribution is 5.49. The molecular weight excluding hydrogens is 214 g/mol. The fourth-order valence-corrected chi connectivity index (χ4v) is 2.52. The molecule has 1 aromatic rings. The number of rotatable bonds is 3. The Bertz CT molecular complexity index is 401. The van der Waals surface area contributed by atoms with Crippen LogP contribution in [0.15, 0.2) is 12.1 Å². The molecule has 1 atom stereocenters. The van der Waals surface area contributed by atoms with E-state index in [4.69, 9.17) is 9.47 Å². The van der Waals surface area contributed by atoms with E-state index in [1.165, 1.54) is 11.1 Å². The summed E-state index contributed by atoms with van der Waals surface area (Å²) in [4.78, 5) is 0. The van der Waals surface area contributed by atoms with Crippen molar-refractivity contribution < 1.29 is 9.47 Å². The number of fused-ring (bicyclic) bond motifs is 1. The molecule has 0 aromatic heterocycles. The van der Waals surface area contributed by atoms with Gasteiger partial charge < -0.3 is 14.8 Å². The second kappa shape index (κ2) is 4.96. The summed E-state index contributed by atoms with van der Waals surface area (Å²) in [5, 5.41) is 3.46. The lowest BCUT2D eigenvalue weighted by Crippen LogP contribution is -2.31. The van der Waals surface area contributed by atoms with Crippen molar-refractivity contribution in [3.05, 3.63) is 23.3 Å². The summed E-state index contributed by atoms with van der Waals surface area (Å²) < 4.78 is 10.8. The second-order valence-corrected chi connectivity index (χ2v) is 4.88. The van der Waals surface area contributed by atoms with Crippen LogP contribution in [-0.4, -0.2) is 20.8 Å². The molecule has 0 amide bonds. The largest absolute Gasteiger partial charge is 0.497 e. The van der Waals surface area contributed by atoms with Gasteiger partial charge in [-0.1, -0.05) is 13.8 Å². The maximum absolute atomic E-state index is 5.46. The topological polar surface area (TPSA) is 30.5 Å². The minimum absolute atomic E-state index is 0.530. The minimum atomic E-state index is 0.530. The molecule has 0 bridgehead atoms. The molecule has 3 heteroatoms. The van der Waals surface area contributed by atoms with Crippen LogP contribution in [0.4, 0.5) is 0 Å². The quantitative estimate of drug-likeness (QED) is 0.873. The highest BCUT2D eigenvalue weighted by Crippen LogP contribution is 2.38. The number of hydrogen-bond donors (Lipinski definition) is 1. The van der Waals surface area contributed by atoms with E-state index in [-0.39, 0.29) is 0 Å². The van der Waals surface area contributed by atoms with Crippen molar-refractivity contribution in [2.75, 3.05) is 20.8 Å². The number of methoxy groups -OCH3 is 2. The van der Waals surface area contributed by atoms with Gasteiger partial charge in [0.1, 0.15) is 11.5 Å². The molecule has 0 fully saturated rings. The van der Waals surface area contributed by atoms with Crippen LogP contribution in [-0.2, 0) is 6.54 Å². The summed E-state index contributed by atoms with van der Waals surface area (Å²) in [6.07, 6.45) is 0. The summed E-state index contributed by atoms with van der Waals surface area (Å²) in [5.74, 6) is 2.95. The zero-order chi connectivity index (χ0) is 12.4. The number of nitrogens with one attached hydrogen (secondary N) is 1. The zero-order valence-electron chi connectivity index (χ0n) is 11.0. The van der Waals surface area contributed by atoms with Gasteiger partial charge in [0.15, 0.2) is 0 Å². The van der Waals surface area contributed by atoms with E-state index < -0.39 is 0 Å². The van der Waals surface area contributed by atoms with Crippen LogP contribution < -0.4 is 14.8 Å². The average molecular weight is 235 g/mol.